The summed E-state index contributed by atoms with van der Waals surface area (Å²) in [6, 6.07) is 13.3. The minimum Gasteiger partial charge on any atom is -0.306 e. The minimum absolute atomic E-state index is 0.00434. The van der Waals surface area contributed by atoms with Crippen LogP contribution in [0.3, 0.4) is 0 Å². The SMILES string of the molecule is CC(C)(C)c1ccc(N2C(=O)CN(Cc3ccc(F)cc3)[C@@H]3CS(=O)(=O)C[C@@H]32)cc1. The molecule has 0 unspecified atom stereocenters. The van der Waals surface area contributed by atoms with Crippen LogP contribution in [0, 0.1) is 5.82 Å². The number of anilines is 1. The number of carbonyl (C=O) groups is 1. The van der Waals surface area contributed by atoms with Gasteiger partial charge in [0.25, 0.3) is 0 Å². The van der Waals surface area contributed by atoms with E-state index in [-0.39, 0.29) is 41.2 Å². The minimum atomic E-state index is -3.25. The van der Waals surface area contributed by atoms with Crippen LogP contribution in [0.2, 0.25) is 0 Å². The van der Waals surface area contributed by atoms with Gasteiger partial charge >= 0.3 is 0 Å². The summed E-state index contributed by atoms with van der Waals surface area (Å²) in [6.45, 7) is 6.93. The maximum Gasteiger partial charge on any atom is 0.241 e. The lowest BCUT2D eigenvalue weighted by Gasteiger charge is -2.43. The van der Waals surface area contributed by atoms with E-state index in [0.29, 0.717) is 6.54 Å². The first kappa shape index (κ1) is 21.0. The number of sulfone groups is 1. The van der Waals surface area contributed by atoms with Crippen molar-refractivity contribution >= 4 is 21.4 Å². The first-order valence-electron chi connectivity index (χ1n) is 10.1. The molecule has 0 saturated carbocycles. The summed E-state index contributed by atoms with van der Waals surface area (Å²) in [6.07, 6.45) is 0. The molecule has 2 aromatic rings. The van der Waals surface area contributed by atoms with Gasteiger partial charge in [-0.2, -0.15) is 0 Å². The molecule has 0 aromatic heterocycles. The fourth-order valence-electron chi connectivity index (χ4n) is 4.41. The summed E-state index contributed by atoms with van der Waals surface area (Å²) in [4.78, 5) is 16.7. The summed E-state index contributed by atoms with van der Waals surface area (Å²) in [5.74, 6) is -0.439. The predicted molar refractivity (Wildman–Crippen MR) is 116 cm³/mol. The van der Waals surface area contributed by atoms with Crippen LogP contribution < -0.4 is 4.90 Å². The topological polar surface area (TPSA) is 57.7 Å². The van der Waals surface area contributed by atoms with E-state index < -0.39 is 15.9 Å². The van der Waals surface area contributed by atoms with E-state index in [2.05, 4.69) is 20.8 Å². The van der Waals surface area contributed by atoms with Gasteiger partial charge in [-0.05, 0) is 40.8 Å². The molecule has 160 valence electrons. The molecule has 7 heteroatoms. The van der Waals surface area contributed by atoms with Crippen LogP contribution in [0.5, 0.6) is 0 Å². The summed E-state index contributed by atoms with van der Waals surface area (Å²) < 4.78 is 38.2. The highest BCUT2D eigenvalue weighted by Crippen LogP contribution is 2.33. The number of carbonyl (C=O) groups excluding carboxylic acids is 1. The first-order valence-corrected chi connectivity index (χ1v) is 12.0. The number of piperazine rings is 1. The van der Waals surface area contributed by atoms with Crippen molar-refractivity contribution in [2.45, 2.75) is 44.8 Å². The Morgan fingerprint density at radius 1 is 0.967 bits per heavy atom. The molecule has 0 radical (unpaired) electrons. The van der Waals surface area contributed by atoms with Gasteiger partial charge < -0.3 is 4.90 Å². The Bertz CT molecular complexity index is 1040. The standard InChI is InChI=1S/C23H27FN2O3S/c1-23(2,3)17-6-10-19(11-7-17)26-21-15-30(28,29)14-20(21)25(13-22(26)27)12-16-4-8-18(24)9-5-16/h4-11,20-21H,12-15H2,1-3H3/t20-,21+/m1/s1. The summed E-state index contributed by atoms with van der Waals surface area (Å²) in [5.41, 5.74) is 2.75. The average molecular weight is 431 g/mol. The zero-order chi connectivity index (χ0) is 21.7. The van der Waals surface area contributed by atoms with Crippen molar-refractivity contribution in [2.24, 2.45) is 0 Å². The van der Waals surface area contributed by atoms with E-state index in [4.69, 9.17) is 0 Å². The van der Waals surface area contributed by atoms with E-state index in [9.17, 15) is 17.6 Å². The lowest BCUT2D eigenvalue weighted by Crippen LogP contribution is -2.61. The van der Waals surface area contributed by atoms with Crippen molar-refractivity contribution in [1.29, 1.82) is 0 Å². The van der Waals surface area contributed by atoms with E-state index >= 15 is 0 Å². The molecule has 0 aliphatic carbocycles. The Hall–Kier alpha value is -2.25. The van der Waals surface area contributed by atoms with E-state index in [0.717, 1.165) is 16.8 Å². The number of hydrogen-bond donors (Lipinski definition) is 0. The molecule has 0 bridgehead atoms. The quantitative estimate of drug-likeness (QED) is 0.751. The van der Waals surface area contributed by atoms with Crippen molar-refractivity contribution in [1.82, 2.24) is 4.90 Å². The third-order valence-electron chi connectivity index (χ3n) is 6.01. The van der Waals surface area contributed by atoms with Crippen LogP contribution in [-0.2, 0) is 26.6 Å². The van der Waals surface area contributed by atoms with Crippen LogP contribution in [0.1, 0.15) is 31.9 Å². The van der Waals surface area contributed by atoms with Crippen LogP contribution in [0.15, 0.2) is 48.5 Å². The Labute approximate surface area is 177 Å². The third-order valence-corrected chi connectivity index (χ3v) is 7.71. The van der Waals surface area contributed by atoms with Gasteiger partial charge in [0.05, 0.1) is 24.1 Å². The molecule has 2 atom stereocenters. The molecule has 4 rings (SSSR count). The maximum absolute atomic E-state index is 13.2. The first-order chi connectivity index (χ1) is 14.0. The summed E-state index contributed by atoms with van der Waals surface area (Å²) >= 11 is 0. The molecule has 30 heavy (non-hydrogen) atoms. The Morgan fingerprint density at radius 3 is 2.17 bits per heavy atom. The molecule has 0 N–H and O–H groups in total. The lowest BCUT2D eigenvalue weighted by atomic mass is 9.87. The smallest absolute Gasteiger partial charge is 0.241 e. The number of fused-ring (bicyclic) bond motifs is 1. The molecule has 2 aliphatic rings. The predicted octanol–water partition coefficient (Wildman–Crippen LogP) is 3.14. The van der Waals surface area contributed by atoms with Crippen molar-refractivity contribution in [3.8, 4) is 0 Å². The molecule has 1 amide bonds. The molecular formula is C23H27FN2O3S. The van der Waals surface area contributed by atoms with Crippen molar-refractivity contribution in [3.63, 3.8) is 0 Å². The van der Waals surface area contributed by atoms with Crippen LogP contribution in [-0.4, -0.2) is 49.4 Å². The van der Waals surface area contributed by atoms with Crippen molar-refractivity contribution in [3.05, 3.63) is 65.5 Å². The van der Waals surface area contributed by atoms with Gasteiger partial charge in [-0.15, -0.1) is 0 Å². The number of hydrogen-bond acceptors (Lipinski definition) is 4. The fraction of sp³-hybridized carbons (Fsp3) is 0.435. The maximum atomic E-state index is 13.2. The van der Waals surface area contributed by atoms with Crippen molar-refractivity contribution < 1.29 is 17.6 Å². The zero-order valence-electron chi connectivity index (χ0n) is 17.5. The summed E-state index contributed by atoms with van der Waals surface area (Å²) in [7, 11) is -3.25. The molecule has 2 aromatic carbocycles. The van der Waals surface area contributed by atoms with Crippen molar-refractivity contribution in [2.75, 3.05) is 23.0 Å². The normalized spacial score (nSPS) is 24.1. The van der Waals surface area contributed by atoms with E-state index in [1.54, 1.807) is 17.0 Å². The fourth-order valence-corrected chi connectivity index (χ4v) is 6.39. The molecular weight excluding hydrogens is 403 g/mol. The molecule has 5 nitrogen and oxygen atoms in total. The highest BCUT2D eigenvalue weighted by molar-refractivity contribution is 7.91. The van der Waals surface area contributed by atoms with Gasteiger partial charge in [0.1, 0.15) is 5.82 Å². The van der Waals surface area contributed by atoms with Gasteiger partial charge in [0.15, 0.2) is 9.84 Å². The van der Waals surface area contributed by atoms with Crippen LogP contribution in [0.25, 0.3) is 0 Å². The zero-order valence-corrected chi connectivity index (χ0v) is 18.3. The number of halogens is 1. The molecule has 0 spiro atoms. The third kappa shape index (κ3) is 4.14. The van der Waals surface area contributed by atoms with Gasteiger partial charge in [-0.1, -0.05) is 45.0 Å². The second-order valence-corrected chi connectivity index (χ2v) is 11.5. The second-order valence-electron chi connectivity index (χ2n) is 9.30. The van der Waals surface area contributed by atoms with Crippen LogP contribution >= 0.6 is 0 Å². The Kier molecular flexibility index (Phi) is 5.22. The van der Waals surface area contributed by atoms with Gasteiger partial charge in [0.2, 0.25) is 5.91 Å². The van der Waals surface area contributed by atoms with Gasteiger partial charge in [-0.3, -0.25) is 9.69 Å². The van der Waals surface area contributed by atoms with Crippen LogP contribution in [0.4, 0.5) is 10.1 Å². The van der Waals surface area contributed by atoms with E-state index in [1.165, 1.54) is 12.1 Å². The molecule has 2 saturated heterocycles. The highest BCUT2D eigenvalue weighted by atomic mass is 32.2. The highest BCUT2D eigenvalue weighted by Gasteiger charge is 2.49. The number of benzene rings is 2. The molecule has 2 heterocycles. The van der Waals surface area contributed by atoms with Gasteiger partial charge in [0, 0.05) is 18.3 Å². The Balaban J connectivity index is 1.63. The summed E-state index contributed by atoms with van der Waals surface area (Å²) in [5, 5.41) is 0. The van der Waals surface area contributed by atoms with Gasteiger partial charge in [-0.25, -0.2) is 12.8 Å². The molecule has 2 aliphatic heterocycles. The number of amides is 1. The Morgan fingerprint density at radius 2 is 1.57 bits per heavy atom. The molecule has 2 fully saturated rings. The second kappa shape index (κ2) is 7.46. The monoisotopic (exact) mass is 430 g/mol. The van der Waals surface area contributed by atoms with E-state index in [1.807, 2.05) is 29.2 Å². The number of rotatable bonds is 3. The lowest BCUT2D eigenvalue weighted by molar-refractivity contribution is -0.123. The average Bonchev–Trinajstić information content (AvgIpc) is 2.98. The largest absolute Gasteiger partial charge is 0.306 e. The number of nitrogens with zero attached hydrogens (tertiary/aromatic N) is 2.